The molecule has 74 valence electrons. The Hall–Kier alpha value is -0.860. The van der Waals surface area contributed by atoms with Crippen LogP contribution in [-0.4, -0.2) is 6.54 Å². The van der Waals surface area contributed by atoms with Gasteiger partial charge < -0.3 is 5.73 Å². The Morgan fingerprint density at radius 2 is 1.93 bits per heavy atom. The Kier molecular flexibility index (Phi) is 2.57. The number of hydrogen-bond donors (Lipinski definition) is 1. The molecular formula is C12H15NS. The topological polar surface area (TPSA) is 26.0 Å². The largest absolute Gasteiger partial charge is 0.330 e. The minimum Gasteiger partial charge on any atom is -0.330 e. The molecule has 0 fully saturated rings. The number of nitrogens with two attached hydrogens (primary N) is 1. The first kappa shape index (κ1) is 9.69. The average molecular weight is 205 g/mol. The van der Waals surface area contributed by atoms with Crippen LogP contribution < -0.4 is 5.73 Å². The summed E-state index contributed by atoms with van der Waals surface area (Å²) in [6.45, 7) is 5.06. The van der Waals surface area contributed by atoms with Crippen molar-refractivity contribution in [3.63, 3.8) is 0 Å². The molecule has 0 spiro atoms. The lowest BCUT2D eigenvalue weighted by molar-refractivity contribution is 0.981. The molecule has 0 atom stereocenters. The van der Waals surface area contributed by atoms with Crippen molar-refractivity contribution >= 4 is 21.4 Å². The third-order valence-electron chi connectivity index (χ3n) is 2.68. The highest BCUT2D eigenvalue weighted by atomic mass is 32.1. The van der Waals surface area contributed by atoms with E-state index in [2.05, 4.69) is 31.4 Å². The summed E-state index contributed by atoms with van der Waals surface area (Å²) in [5.41, 5.74) is 9.73. The second-order valence-corrected chi connectivity index (χ2v) is 4.64. The average Bonchev–Trinajstić information content (AvgIpc) is 2.51. The third-order valence-corrected chi connectivity index (χ3v) is 3.68. The van der Waals surface area contributed by atoms with Crippen molar-refractivity contribution in [2.75, 3.05) is 6.54 Å². The molecule has 1 aromatic heterocycles. The predicted octanol–water partition coefficient (Wildman–Crippen LogP) is 3.02. The van der Waals surface area contributed by atoms with Gasteiger partial charge in [0.05, 0.1) is 0 Å². The van der Waals surface area contributed by atoms with Gasteiger partial charge in [0.15, 0.2) is 0 Å². The van der Waals surface area contributed by atoms with Crippen LogP contribution in [0, 0.1) is 13.8 Å². The second-order valence-electron chi connectivity index (χ2n) is 3.73. The van der Waals surface area contributed by atoms with Crippen molar-refractivity contribution in [2.24, 2.45) is 5.73 Å². The summed E-state index contributed by atoms with van der Waals surface area (Å²) < 4.78 is 1.39. The summed E-state index contributed by atoms with van der Waals surface area (Å²) in [5, 5.41) is 3.62. The fourth-order valence-electron chi connectivity index (χ4n) is 1.69. The molecule has 0 amide bonds. The first-order chi connectivity index (χ1) is 6.72. The molecule has 0 aliphatic heterocycles. The lowest BCUT2D eigenvalue weighted by Crippen LogP contribution is -2.01. The van der Waals surface area contributed by atoms with Gasteiger partial charge >= 0.3 is 0 Å². The molecule has 1 aromatic carbocycles. The highest BCUT2D eigenvalue weighted by Crippen LogP contribution is 2.28. The van der Waals surface area contributed by atoms with Gasteiger partial charge in [-0.05, 0) is 60.3 Å². The molecule has 0 saturated carbocycles. The van der Waals surface area contributed by atoms with Gasteiger partial charge in [0.1, 0.15) is 0 Å². The van der Waals surface area contributed by atoms with E-state index >= 15 is 0 Å². The Morgan fingerprint density at radius 1 is 1.21 bits per heavy atom. The molecule has 2 aromatic rings. The highest BCUT2D eigenvalue weighted by molar-refractivity contribution is 7.17. The van der Waals surface area contributed by atoms with Gasteiger partial charge in [-0.3, -0.25) is 0 Å². The molecule has 2 rings (SSSR count). The lowest BCUT2D eigenvalue weighted by Gasteiger charge is -2.01. The molecule has 0 saturated heterocycles. The van der Waals surface area contributed by atoms with Crippen molar-refractivity contribution in [3.8, 4) is 0 Å². The van der Waals surface area contributed by atoms with Gasteiger partial charge in [-0.15, -0.1) is 11.3 Å². The molecule has 0 bridgehead atoms. The minimum atomic E-state index is 0.735. The zero-order valence-electron chi connectivity index (χ0n) is 8.63. The van der Waals surface area contributed by atoms with Crippen LogP contribution in [0.3, 0.4) is 0 Å². The van der Waals surface area contributed by atoms with Crippen LogP contribution in [0.25, 0.3) is 10.1 Å². The Bertz CT molecular complexity index is 457. The third kappa shape index (κ3) is 1.56. The van der Waals surface area contributed by atoms with E-state index < -0.39 is 0 Å². The highest BCUT2D eigenvalue weighted by Gasteiger charge is 2.04. The van der Waals surface area contributed by atoms with E-state index in [-0.39, 0.29) is 0 Å². The predicted molar refractivity (Wildman–Crippen MR) is 64.1 cm³/mol. The standard InChI is InChI=1S/C12H15NS/c1-8-5-11-10(3-4-13)7-14-12(11)6-9(8)2/h5-7H,3-4,13H2,1-2H3. The van der Waals surface area contributed by atoms with E-state index in [9.17, 15) is 0 Å². The Balaban J connectivity index is 2.61. The normalized spacial score (nSPS) is 11.1. The summed E-state index contributed by atoms with van der Waals surface area (Å²) in [6.07, 6.45) is 0.989. The molecule has 0 aliphatic carbocycles. The van der Waals surface area contributed by atoms with Crippen molar-refractivity contribution in [1.29, 1.82) is 0 Å². The Labute approximate surface area is 88.6 Å². The number of benzene rings is 1. The van der Waals surface area contributed by atoms with Crippen molar-refractivity contribution in [3.05, 3.63) is 34.2 Å². The first-order valence-electron chi connectivity index (χ1n) is 4.90. The number of rotatable bonds is 2. The molecule has 0 unspecified atom stereocenters. The molecule has 2 heteroatoms. The molecule has 0 aliphatic rings. The van der Waals surface area contributed by atoms with E-state index in [1.165, 1.54) is 26.8 Å². The van der Waals surface area contributed by atoms with Gasteiger partial charge in [-0.25, -0.2) is 0 Å². The summed E-state index contributed by atoms with van der Waals surface area (Å²) in [7, 11) is 0. The maximum atomic E-state index is 5.58. The zero-order chi connectivity index (χ0) is 10.1. The number of aryl methyl sites for hydroxylation is 2. The van der Waals surface area contributed by atoms with Gasteiger partial charge in [0.25, 0.3) is 0 Å². The minimum absolute atomic E-state index is 0.735. The van der Waals surface area contributed by atoms with E-state index in [0.29, 0.717) is 0 Å². The Morgan fingerprint density at radius 3 is 2.64 bits per heavy atom. The quantitative estimate of drug-likeness (QED) is 0.801. The van der Waals surface area contributed by atoms with Crippen LogP contribution in [-0.2, 0) is 6.42 Å². The van der Waals surface area contributed by atoms with Crippen LogP contribution in [0.4, 0.5) is 0 Å². The molecule has 1 heterocycles. The molecular weight excluding hydrogens is 190 g/mol. The van der Waals surface area contributed by atoms with E-state index in [1.54, 1.807) is 0 Å². The van der Waals surface area contributed by atoms with Gasteiger partial charge in [0.2, 0.25) is 0 Å². The maximum Gasteiger partial charge on any atom is 0.0348 e. The summed E-state index contributed by atoms with van der Waals surface area (Å²) >= 11 is 1.82. The van der Waals surface area contributed by atoms with Crippen LogP contribution in [0.1, 0.15) is 16.7 Å². The van der Waals surface area contributed by atoms with Crippen molar-refractivity contribution in [1.82, 2.24) is 0 Å². The SMILES string of the molecule is Cc1cc2scc(CCN)c2cc1C. The maximum absolute atomic E-state index is 5.58. The van der Waals surface area contributed by atoms with Crippen molar-refractivity contribution in [2.45, 2.75) is 20.3 Å². The van der Waals surface area contributed by atoms with Crippen molar-refractivity contribution < 1.29 is 0 Å². The number of fused-ring (bicyclic) bond motifs is 1. The van der Waals surface area contributed by atoms with Gasteiger partial charge in [-0.2, -0.15) is 0 Å². The fraction of sp³-hybridized carbons (Fsp3) is 0.333. The van der Waals surface area contributed by atoms with E-state index in [1.807, 2.05) is 11.3 Å². The van der Waals surface area contributed by atoms with Crippen LogP contribution in [0.15, 0.2) is 17.5 Å². The smallest absolute Gasteiger partial charge is 0.0348 e. The first-order valence-corrected chi connectivity index (χ1v) is 5.77. The number of thiophene rings is 1. The summed E-state index contributed by atoms with van der Waals surface area (Å²) in [6, 6.07) is 4.56. The second kappa shape index (κ2) is 3.71. The van der Waals surface area contributed by atoms with Crippen LogP contribution in [0.5, 0.6) is 0 Å². The number of hydrogen-bond acceptors (Lipinski definition) is 2. The molecule has 2 N–H and O–H groups in total. The van der Waals surface area contributed by atoms with Gasteiger partial charge in [-0.1, -0.05) is 6.07 Å². The van der Waals surface area contributed by atoms with Gasteiger partial charge in [0, 0.05) is 4.70 Å². The zero-order valence-corrected chi connectivity index (χ0v) is 9.45. The molecule has 14 heavy (non-hydrogen) atoms. The fourth-order valence-corrected chi connectivity index (χ4v) is 2.76. The molecule has 1 nitrogen and oxygen atoms in total. The monoisotopic (exact) mass is 205 g/mol. The lowest BCUT2D eigenvalue weighted by atomic mass is 10.0. The summed E-state index contributed by atoms with van der Waals surface area (Å²) in [4.78, 5) is 0. The van der Waals surface area contributed by atoms with Crippen LogP contribution in [0.2, 0.25) is 0 Å². The van der Waals surface area contributed by atoms with Crippen LogP contribution >= 0.6 is 11.3 Å². The molecule has 0 radical (unpaired) electrons. The van der Waals surface area contributed by atoms with E-state index in [4.69, 9.17) is 5.73 Å². The van der Waals surface area contributed by atoms with E-state index in [0.717, 1.165) is 13.0 Å². The summed E-state index contributed by atoms with van der Waals surface area (Å²) in [5.74, 6) is 0.